The number of benzene rings is 4. The third-order valence-corrected chi connectivity index (χ3v) is 5.34. The number of nitrogens with one attached hydrogen (secondary N) is 2. The molecule has 5 rings (SSSR count). The van der Waals surface area contributed by atoms with Gasteiger partial charge in [-0.15, -0.1) is 0 Å². The van der Waals surface area contributed by atoms with Crippen LogP contribution in [0.2, 0.25) is 5.02 Å². The van der Waals surface area contributed by atoms with Gasteiger partial charge in [0.25, 0.3) is 5.91 Å². The number of hydrogen-bond donors (Lipinski definition) is 2. The first-order valence-electron chi connectivity index (χ1n) is 9.89. The molecule has 150 valence electrons. The molecule has 1 aliphatic rings. The molecule has 0 aliphatic carbocycles. The largest absolute Gasteiger partial charge is 0.338 e. The number of carbonyl (C=O) groups excluding carboxylic acids is 1. The number of halogens is 1. The second-order valence-electron chi connectivity index (χ2n) is 7.20. The maximum Gasteiger partial charge on any atom is 0.255 e. The van der Waals surface area contributed by atoms with E-state index in [-0.39, 0.29) is 5.91 Å². The molecule has 1 aliphatic heterocycles. The van der Waals surface area contributed by atoms with Crippen molar-refractivity contribution in [3.05, 3.63) is 113 Å². The summed E-state index contributed by atoms with van der Waals surface area (Å²) in [6, 6.07) is 28.6. The third kappa shape index (κ3) is 3.93. The lowest BCUT2D eigenvalue weighted by molar-refractivity contribution is 0.0968. The van der Waals surface area contributed by atoms with Crippen molar-refractivity contribution in [2.45, 2.75) is 0 Å². The van der Waals surface area contributed by atoms with Crippen LogP contribution in [-0.2, 0) is 0 Å². The van der Waals surface area contributed by atoms with Gasteiger partial charge in [-0.1, -0.05) is 66.2 Å². The normalized spacial score (nSPS) is 12.8. The maximum atomic E-state index is 12.9. The second-order valence-corrected chi connectivity index (χ2v) is 7.63. The number of aliphatic imine (C=N–C) groups is 1. The van der Waals surface area contributed by atoms with Crippen LogP contribution in [0.15, 0.2) is 102 Å². The highest BCUT2D eigenvalue weighted by molar-refractivity contribution is 6.30. The Kier molecular flexibility index (Phi) is 4.98. The van der Waals surface area contributed by atoms with Gasteiger partial charge < -0.3 is 10.6 Å². The molecule has 0 fully saturated rings. The van der Waals surface area contributed by atoms with Crippen LogP contribution >= 0.6 is 11.6 Å². The second kappa shape index (κ2) is 8.09. The molecule has 0 bridgehead atoms. The van der Waals surface area contributed by atoms with Gasteiger partial charge in [-0.2, -0.15) is 0 Å². The molecule has 1 amide bonds. The van der Waals surface area contributed by atoms with Crippen LogP contribution in [-0.4, -0.2) is 11.7 Å². The smallest absolute Gasteiger partial charge is 0.255 e. The average molecular weight is 424 g/mol. The van der Waals surface area contributed by atoms with Crippen molar-refractivity contribution in [2.75, 3.05) is 5.32 Å². The van der Waals surface area contributed by atoms with E-state index in [1.807, 2.05) is 72.8 Å². The molecule has 0 saturated carbocycles. The summed E-state index contributed by atoms with van der Waals surface area (Å²) in [7, 11) is 0. The minimum absolute atomic E-state index is 0.206. The van der Waals surface area contributed by atoms with Gasteiger partial charge in [-0.3, -0.25) is 4.79 Å². The molecule has 2 N–H and O–H groups in total. The SMILES string of the molecule is O=C(N/C(=C\c1ccc(Cl)cc1)C1=Nc2cccc3cccc(c23)N1)c1ccccc1. The number of nitrogens with zero attached hydrogens (tertiary/aromatic N) is 1. The Balaban J connectivity index is 1.58. The van der Waals surface area contributed by atoms with Gasteiger partial charge in [0.15, 0.2) is 5.84 Å². The molecule has 0 unspecified atom stereocenters. The minimum atomic E-state index is -0.206. The number of amides is 1. The van der Waals surface area contributed by atoms with E-state index in [0.29, 0.717) is 22.1 Å². The lowest BCUT2D eigenvalue weighted by atomic mass is 10.0. The third-order valence-electron chi connectivity index (χ3n) is 5.09. The van der Waals surface area contributed by atoms with Crippen molar-refractivity contribution >= 4 is 51.6 Å². The number of amidine groups is 1. The molecular weight excluding hydrogens is 406 g/mol. The predicted octanol–water partition coefficient (Wildman–Crippen LogP) is 6.42. The van der Waals surface area contributed by atoms with Crippen LogP contribution in [0.25, 0.3) is 16.8 Å². The molecule has 0 aromatic heterocycles. The first-order valence-corrected chi connectivity index (χ1v) is 10.3. The molecule has 0 saturated heterocycles. The molecule has 1 heterocycles. The van der Waals surface area contributed by atoms with E-state index in [9.17, 15) is 4.79 Å². The quantitative estimate of drug-likeness (QED) is 0.398. The Morgan fingerprint density at radius 1 is 0.871 bits per heavy atom. The Labute approximate surface area is 184 Å². The zero-order valence-electron chi connectivity index (χ0n) is 16.5. The summed E-state index contributed by atoms with van der Waals surface area (Å²) < 4.78 is 0. The van der Waals surface area contributed by atoms with E-state index >= 15 is 0 Å². The summed E-state index contributed by atoms with van der Waals surface area (Å²) in [4.78, 5) is 17.7. The van der Waals surface area contributed by atoms with E-state index in [1.165, 1.54) is 0 Å². The highest BCUT2D eigenvalue weighted by Crippen LogP contribution is 2.36. The van der Waals surface area contributed by atoms with Crippen LogP contribution < -0.4 is 10.6 Å². The number of hydrogen-bond acceptors (Lipinski definition) is 3. The lowest BCUT2D eigenvalue weighted by Crippen LogP contribution is -2.31. The van der Waals surface area contributed by atoms with Crippen LogP contribution in [0, 0.1) is 0 Å². The standard InChI is InChI=1S/C26H18ClN3O/c27-20-14-12-17(13-15-20)16-23(30-26(31)19-6-2-1-3-7-19)25-28-21-10-4-8-18-9-5-11-22(29-25)24(18)21/h1-16H,(H,28,29)(H,30,31)/b23-16-. The van der Waals surface area contributed by atoms with Crippen LogP contribution in [0.1, 0.15) is 15.9 Å². The summed E-state index contributed by atoms with van der Waals surface area (Å²) in [6.45, 7) is 0. The highest BCUT2D eigenvalue weighted by atomic mass is 35.5. The van der Waals surface area contributed by atoms with E-state index in [0.717, 1.165) is 27.7 Å². The van der Waals surface area contributed by atoms with Crippen LogP contribution in [0.4, 0.5) is 11.4 Å². The van der Waals surface area contributed by atoms with Crippen molar-refractivity contribution < 1.29 is 4.79 Å². The maximum absolute atomic E-state index is 12.9. The van der Waals surface area contributed by atoms with Gasteiger partial charge >= 0.3 is 0 Å². The van der Waals surface area contributed by atoms with Gasteiger partial charge in [-0.05, 0) is 53.4 Å². The highest BCUT2D eigenvalue weighted by Gasteiger charge is 2.19. The van der Waals surface area contributed by atoms with Gasteiger partial charge in [0.2, 0.25) is 0 Å². The Hall–Kier alpha value is -3.89. The fourth-order valence-corrected chi connectivity index (χ4v) is 3.72. The molecule has 0 atom stereocenters. The molecule has 31 heavy (non-hydrogen) atoms. The van der Waals surface area contributed by atoms with Gasteiger partial charge in [0.1, 0.15) is 0 Å². The molecule has 4 aromatic carbocycles. The average Bonchev–Trinajstić information content (AvgIpc) is 2.81. The van der Waals surface area contributed by atoms with Crippen molar-refractivity contribution in [1.29, 1.82) is 0 Å². The van der Waals surface area contributed by atoms with Gasteiger partial charge in [0.05, 0.1) is 11.4 Å². The van der Waals surface area contributed by atoms with Gasteiger partial charge in [-0.25, -0.2) is 4.99 Å². The van der Waals surface area contributed by atoms with Crippen LogP contribution in [0.3, 0.4) is 0 Å². The Morgan fingerprint density at radius 2 is 1.61 bits per heavy atom. The van der Waals surface area contributed by atoms with E-state index < -0.39 is 0 Å². The lowest BCUT2D eigenvalue weighted by Gasteiger charge is -2.21. The summed E-state index contributed by atoms with van der Waals surface area (Å²) >= 11 is 6.04. The molecule has 0 spiro atoms. The summed E-state index contributed by atoms with van der Waals surface area (Å²) in [6.07, 6.45) is 1.89. The molecule has 4 nitrogen and oxygen atoms in total. The van der Waals surface area contributed by atoms with Crippen molar-refractivity contribution in [1.82, 2.24) is 5.32 Å². The number of rotatable bonds is 4. The van der Waals surface area contributed by atoms with Gasteiger partial charge in [0, 0.05) is 21.7 Å². The summed E-state index contributed by atoms with van der Waals surface area (Å²) in [5.74, 6) is 0.368. The molecule has 5 heteroatoms. The zero-order chi connectivity index (χ0) is 21.2. The summed E-state index contributed by atoms with van der Waals surface area (Å²) in [5.41, 5.74) is 3.85. The number of carbonyl (C=O) groups is 1. The van der Waals surface area contributed by atoms with Crippen molar-refractivity contribution in [3.8, 4) is 0 Å². The van der Waals surface area contributed by atoms with Crippen molar-refractivity contribution in [3.63, 3.8) is 0 Å². The number of anilines is 1. The zero-order valence-corrected chi connectivity index (χ0v) is 17.2. The fraction of sp³-hybridized carbons (Fsp3) is 0. The predicted molar refractivity (Wildman–Crippen MR) is 128 cm³/mol. The van der Waals surface area contributed by atoms with Crippen LogP contribution in [0.5, 0.6) is 0 Å². The topological polar surface area (TPSA) is 53.5 Å². The van der Waals surface area contributed by atoms with E-state index in [1.54, 1.807) is 12.1 Å². The molecule has 0 radical (unpaired) electrons. The fourth-order valence-electron chi connectivity index (χ4n) is 3.60. The van der Waals surface area contributed by atoms with E-state index in [4.69, 9.17) is 16.6 Å². The minimum Gasteiger partial charge on any atom is -0.338 e. The monoisotopic (exact) mass is 423 g/mol. The summed E-state index contributed by atoms with van der Waals surface area (Å²) in [5, 5.41) is 9.25. The Bertz CT molecular complexity index is 1340. The first-order chi connectivity index (χ1) is 15.2. The molecule has 4 aromatic rings. The van der Waals surface area contributed by atoms with E-state index in [2.05, 4.69) is 22.8 Å². The first kappa shape index (κ1) is 19.1. The van der Waals surface area contributed by atoms with Crippen molar-refractivity contribution in [2.24, 2.45) is 4.99 Å². The molecular formula is C26H18ClN3O. The Morgan fingerprint density at radius 3 is 2.39 bits per heavy atom.